The van der Waals surface area contributed by atoms with Crippen LogP contribution in [0, 0.1) is 0 Å². The molecule has 3 heterocycles. The lowest BCUT2D eigenvalue weighted by atomic mass is 10.1. The molecule has 0 saturated carbocycles. The quantitative estimate of drug-likeness (QED) is 0.464. The van der Waals surface area contributed by atoms with Gasteiger partial charge in [-0.3, -0.25) is 5.32 Å². The Morgan fingerprint density at radius 3 is 2.58 bits per heavy atom. The molecule has 0 aliphatic heterocycles. The van der Waals surface area contributed by atoms with Crippen molar-refractivity contribution in [3.05, 3.63) is 86.2 Å². The van der Waals surface area contributed by atoms with Crippen LogP contribution in [0.3, 0.4) is 0 Å². The van der Waals surface area contributed by atoms with Crippen LogP contribution in [0.5, 0.6) is 0 Å². The van der Waals surface area contributed by atoms with Crippen molar-refractivity contribution in [2.45, 2.75) is 12.6 Å². The van der Waals surface area contributed by atoms with Crippen molar-refractivity contribution in [1.29, 1.82) is 0 Å². The molecule has 3 aromatic heterocycles. The van der Waals surface area contributed by atoms with Gasteiger partial charge in [0, 0.05) is 27.7 Å². The fraction of sp³-hybridized carbons (Fsp3) is 0.105. The van der Waals surface area contributed by atoms with Crippen LogP contribution in [0.2, 0.25) is 0 Å². The normalized spacial score (nSPS) is 12.3. The first-order chi connectivity index (χ1) is 11.9. The van der Waals surface area contributed by atoms with Gasteiger partial charge in [0.2, 0.25) is 0 Å². The summed E-state index contributed by atoms with van der Waals surface area (Å²) in [5.74, 6) is 0. The minimum absolute atomic E-state index is 0.206. The summed E-state index contributed by atoms with van der Waals surface area (Å²) < 4.78 is 0. The second-order valence-electron chi connectivity index (χ2n) is 5.40. The molecule has 0 spiro atoms. The molecule has 0 bridgehead atoms. The van der Waals surface area contributed by atoms with Crippen molar-refractivity contribution in [2.75, 3.05) is 0 Å². The average molecular weight is 369 g/mol. The van der Waals surface area contributed by atoms with Crippen molar-refractivity contribution in [3.63, 3.8) is 0 Å². The molecule has 0 radical (unpaired) electrons. The molecule has 0 saturated heterocycles. The van der Waals surface area contributed by atoms with E-state index in [2.05, 4.69) is 75.4 Å². The van der Waals surface area contributed by atoms with Gasteiger partial charge in [0.25, 0.3) is 0 Å². The van der Waals surface area contributed by atoms with Gasteiger partial charge in [0.1, 0.15) is 5.01 Å². The topological polar surface area (TPSA) is 24.9 Å². The van der Waals surface area contributed by atoms with Crippen LogP contribution >= 0.6 is 34.0 Å². The van der Waals surface area contributed by atoms with E-state index in [0.29, 0.717) is 0 Å². The van der Waals surface area contributed by atoms with E-state index in [1.807, 2.05) is 0 Å². The first kappa shape index (κ1) is 15.7. The maximum atomic E-state index is 4.77. The van der Waals surface area contributed by atoms with E-state index in [9.17, 15) is 0 Å². The van der Waals surface area contributed by atoms with Crippen LogP contribution in [0.15, 0.2) is 70.1 Å². The van der Waals surface area contributed by atoms with Gasteiger partial charge >= 0.3 is 0 Å². The summed E-state index contributed by atoms with van der Waals surface area (Å²) in [6, 6.07) is 17.2. The third-order valence-electron chi connectivity index (χ3n) is 3.77. The standard InChI is InChI=1S/C19H16N2S3/c1-2-5-14(6-3-1)18(17-7-4-9-23-17)20-11-16-13-24-19(21-16)15-8-10-22-12-15/h1-10,12-13,18,20H,11H2/t18-/m1/s1. The number of rotatable bonds is 6. The summed E-state index contributed by atoms with van der Waals surface area (Å²) in [4.78, 5) is 6.09. The van der Waals surface area contributed by atoms with Crippen LogP contribution < -0.4 is 5.32 Å². The highest BCUT2D eigenvalue weighted by molar-refractivity contribution is 7.14. The number of benzene rings is 1. The molecule has 2 nitrogen and oxygen atoms in total. The highest BCUT2D eigenvalue weighted by Gasteiger charge is 2.15. The zero-order valence-corrected chi connectivity index (χ0v) is 15.3. The Bertz CT molecular complexity index is 865. The Morgan fingerprint density at radius 1 is 0.917 bits per heavy atom. The summed E-state index contributed by atoms with van der Waals surface area (Å²) >= 11 is 5.21. The fourth-order valence-corrected chi connectivity index (χ4v) is 4.96. The van der Waals surface area contributed by atoms with Crippen molar-refractivity contribution in [1.82, 2.24) is 10.3 Å². The minimum Gasteiger partial charge on any atom is -0.300 e. The molecule has 1 atom stereocenters. The van der Waals surface area contributed by atoms with Crippen molar-refractivity contribution in [2.24, 2.45) is 0 Å². The molecule has 24 heavy (non-hydrogen) atoms. The predicted molar refractivity (Wildman–Crippen MR) is 105 cm³/mol. The lowest BCUT2D eigenvalue weighted by Gasteiger charge is -2.17. The highest BCUT2D eigenvalue weighted by atomic mass is 32.1. The van der Waals surface area contributed by atoms with E-state index in [-0.39, 0.29) is 6.04 Å². The van der Waals surface area contributed by atoms with E-state index >= 15 is 0 Å². The molecule has 0 amide bonds. The summed E-state index contributed by atoms with van der Waals surface area (Å²) in [5, 5.41) is 13.3. The molecule has 4 rings (SSSR count). The number of hydrogen-bond donors (Lipinski definition) is 1. The largest absolute Gasteiger partial charge is 0.300 e. The van der Waals surface area contributed by atoms with E-state index in [0.717, 1.165) is 17.2 Å². The first-order valence-electron chi connectivity index (χ1n) is 7.69. The van der Waals surface area contributed by atoms with Crippen LogP contribution in [0.4, 0.5) is 0 Å². The van der Waals surface area contributed by atoms with Crippen molar-refractivity contribution < 1.29 is 0 Å². The van der Waals surface area contributed by atoms with Gasteiger partial charge in [-0.15, -0.1) is 22.7 Å². The van der Waals surface area contributed by atoms with Gasteiger partial charge in [0.15, 0.2) is 0 Å². The van der Waals surface area contributed by atoms with Gasteiger partial charge in [-0.05, 0) is 28.5 Å². The summed E-state index contributed by atoms with van der Waals surface area (Å²) in [5.41, 5.74) is 3.60. The van der Waals surface area contributed by atoms with Gasteiger partial charge in [-0.1, -0.05) is 36.4 Å². The first-order valence-corrected chi connectivity index (χ1v) is 10.4. The number of nitrogens with zero attached hydrogens (tertiary/aromatic N) is 1. The molecule has 0 aliphatic carbocycles. The zero-order chi connectivity index (χ0) is 16.2. The Morgan fingerprint density at radius 2 is 1.83 bits per heavy atom. The highest BCUT2D eigenvalue weighted by Crippen LogP contribution is 2.28. The SMILES string of the molecule is c1ccc([C@@H](NCc2csc(-c3ccsc3)n2)c2cccs2)cc1. The third kappa shape index (κ3) is 3.49. The molecule has 1 N–H and O–H groups in total. The van der Waals surface area contributed by atoms with E-state index in [1.165, 1.54) is 16.0 Å². The molecule has 120 valence electrons. The number of aromatic nitrogens is 1. The smallest absolute Gasteiger partial charge is 0.124 e. The number of hydrogen-bond acceptors (Lipinski definition) is 5. The predicted octanol–water partition coefficient (Wildman–Crippen LogP) is 5.81. The average Bonchev–Trinajstić information content (AvgIpc) is 3.38. The summed E-state index contributed by atoms with van der Waals surface area (Å²) in [7, 11) is 0. The van der Waals surface area contributed by atoms with E-state index in [1.54, 1.807) is 34.0 Å². The maximum absolute atomic E-state index is 4.77. The summed E-state index contributed by atoms with van der Waals surface area (Å²) in [6.07, 6.45) is 0. The lowest BCUT2D eigenvalue weighted by molar-refractivity contribution is 0.606. The van der Waals surface area contributed by atoms with Gasteiger partial charge < -0.3 is 0 Å². The molecular formula is C19H16N2S3. The van der Waals surface area contributed by atoms with Gasteiger partial charge in [-0.25, -0.2) is 4.98 Å². The maximum Gasteiger partial charge on any atom is 0.124 e. The van der Waals surface area contributed by atoms with Crippen molar-refractivity contribution in [3.8, 4) is 10.6 Å². The third-order valence-corrected chi connectivity index (χ3v) is 6.33. The Kier molecular flexibility index (Phi) is 4.85. The Labute approximate surface area is 153 Å². The molecular weight excluding hydrogens is 352 g/mol. The lowest BCUT2D eigenvalue weighted by Crippen LogP contribution is -2.21. The molecule has 0 unspecified atom stereocenters. The second kappa shape index (κ2) is 7.40. The molecule has 5 heteroatoms. The fourth-order valence-electron chi connectivity index (χ4n) is 2.60. The van der Waals surface area contributed by atoms with Gasteiger partial charge in [0.05, 0.1) is 11.7 Å². The van der Waals surface area contributed by atoms with E-state index < -0.39 is 0 Å². The summed E-state index contributed by atoms with van der Waals surface area (Å²) in [6.45, 7) is 0.762. The van der Waals surface area contributed by atoms with Crippen LogP contribution in [0.25, 0.3) is 10.6 Å². The van der Waals surface area contributed by atoms with Gasteiger partial charge in [-0.2, -0.15) is 11.3 Å². The van der Waals surface area contributed by atoms with Crippen LogP contribution in [-0.2, 0) is 6.54 Å². The monoisotopic (exact) mass is 368 g/mol. The second-order valence-corrected chi connectivity index (χ2v) is 8.01. The molecule has 0 fully saturated rings. The molecule has 0 aliphatic rings. The van der Waals surface area contributed by atoms with Crippen LogP contribution in [0.1, 0.15) is 22.2 Å². The Balaban J connectivity index is 1.52. The van der Waals surface area contributed by atoms with E-state index in [4.69, 9.17) is 4.98 Å². The number of thiazole rings is 1. The number of nitrogens with one attached hydrogen (secondary N) is 1. The Hall–Kier alpha value is -1.79. The minimum atomic E-state index is 0.206. The number of thiophene rings is 2. The zero-order valence-electron chi connectivity index (χ0n) is 12.9. The van der Waals surface area contributed by atoms with Crippen molar-refractivity contribution >= 4 is 34.0 Å². The van der Waals surface area contributed by atoms with Crippen LogP contribution in [-0.4, -0.2) is 4.98 Å². The molecule has 4 aromatic rings. The molecule has 1 aromatic carbocycles.